The van der Waals surface area contributed by atoms with E-state index in [4.69, 9.17) is 20.8 Å². The lowest BCUT2D eigenvalue weighted by molar-refractivity contribution is -0.121. The first kappa shape index (κ1) is 20.0. The summed E-state index contributed by atoms with van der Waals surface area (Å²) in [4.78, 5) is 24.8. The summed E-state index contributed by atoms with van der Waals surface area (Å²) >= 11 is 6.00. The fourth-order valence-electron chi connectivity index (χ4n) is 3.20. The molecule has 3 rings (SSSR count). The molecule has 28 heavy (non-hydrogen) atoms. The monoisotopic (exact) mass is 399 g/mol. The van der Waals surface area contributed by atoms with Crippen molar-refractivity contribution in [3.63, 3.8) is 0 Å². The van der Waals surface area contributed by atoms with E-state index in [-0.39, 0.29) is 18.4 Å². The molecule has 1 heterocycles. The molecule has 3 aromatic rings. The molecule has 0 aliphatic heterocycles. The Balaban J connectivity index is 1.72. The molecular formula is C22H22ClNO4. The SMILES string of the molecule is COc1ccc2c(C)c(CCC(=O)NC(C)c3cccc(Cl)c3)c(=O)oc2c1. The van der Waals surface area contributed by atoms with Crippen LogP contribution < -0.4 is 15.7 Å². The first-order valence-electron chi connectivity index (χ1n) is 9.04. The van der Waals surface area contributed by atoms with E-state index >= 15 is 0 Å². The molecule has 0 saturated heterocycles. The minimum atomic E-state index is -0.422. The zero-order chi connectivity index (χ0) is 20.3. The molecule has 1 unspecified atom stereocenters. The quantitative estimate of drug-likeness (QED) is 0.616. The molecule has 6 heteroatoms. The summed E-state index contributed by atoms with van der Waals surface area (Å²) in [6.45, 7) is 3.76. The molecule has 146 valence electrons. The number of rotatable bonds is 6. The van der Waals surface area contributed by atoms with Gasteiger partial charge in [0.2, 0.25) is 5.91 Å². The summed E-state index contributed by atoms with van der Waals surface area (Å²) in [7, 11) is 1.56. The van der Waals surface area contributed by atoms with Crippen molar-refractivity contribution < 1.29 is 13.9 Å². The second-order valence-corrected chi connectivity index (χ2v) is 7.14. The lowest BCUT2D eigenvalue weighted by Crippen LogP contribution is -2.27. The summed E-state index contributed by atoms with van der Waals surface area (Å²) in [5.74, 6) is 0.485. The number of amides is 1. The van der Waals surface area contributed by atoms with E-state index < -0.39 is 5.63 Å². The smallest absolute Gasteiger partial charge is 0.339 e. The highest BCUT2D eigenvalue weighted by Gasteiger charge is 2.15. The number of carbonyl (C=O) groups is 1. The number of methoxy groups -OCH3 is 1. The Morgan fingerprint density at radius 2 is 2.04 bits per heavy atom. The van der Waals surface area contributed by atoms with Gasteiger partial charge in [0.15, 0.2) is 0 Å². The minimum Gasteiger partial charge on any atom is -0.497 e. The molecule has 1 atom stereocenters. The van der Waals surface area contributed by atoms with E-state index in [2.05, 4.69) is 5.32 Å². The third-order valence-electron chi connectivity index (χ3n) is 4.82. The van der Waals surface area contributed by atoms with Crippen LogP contribution in [0.4, 0.5) is 0 Å². The van der Waals surface area contributed by atoms with Gasteiger partial charge in [-0.15, -0.1) is 0 Å². The normalized spacial score (nSPS) is 12.0. The highest BCUT2D eigenvalue weighted by molar-refractivity contribution is 6.30. The average Bonchev–Trinajstić information content (AvgIpc) is 2.67. The molecule has 0 bridgehead atoms. The fraction of sp³-hybridized carbons (Fsp3) is 0.273. The predicted octanol–water partition coefficient (Wildman–Crippen LogP) is 4.57. The van der Waals surface area contributed by atoms with E-state index in [9.17, 15) is 9.59 Å². The molecule has 0 aliphatic rings. The number of nitrogens with one attached hydrogen (secondary N) is 1. The van der Waals surface area contributed by atoms with Crippen LogP contribution in [-0.4, -0.2) is 13.0 Å². The van der Waals surface area contributed by atoms with Crippen LogP contribution in [0.5, 0.6) is 5.75 Å². The summed E-state index contributed by atoms with van der Waals surface area (Å²) in [5, 5.41) is 4.40. The topological polar surface area (TPSA) is 68.5 Å². The van der Waals surface area contributed by atoms with Crippen LogP contribution in [0.3, 0.4) is 0 Å². The van der Waals surface area contributed by atoms with E-state index in [1.807, 2.05) is 44.2 Å². The van der Waals surface area contributed by atoms with Gasteiger partial charge in [0.25, 0.3) is 0 Å². The number of benzene rings is 2. The van der Waals surface area contributed by atoms with Crippen LogP contribution in [0.1, 0.15) is 36.1 Å². The molecule has 1 N–H and O–H groups in total. The molecule has 5 nitrogen and oxygen atoms in total. The Bertz CT molecular complexity index is 1070. The summed E-state index contributed by atoms with van der Waals surface area (Å²) in [6.07, 6.45) is 0.502. The van der Waals surface area contributed by atoms with Gasteiger partial charge in [0, 0.05) is 28.5 Å². The van der Waals surface area contributed by atoms with Crippen molar-refractivity contribution in [2.45, 2.75) is 32.7 Å². The number of hydrogen-bond donors (Lipinski definition) is 1. The molecule has 0 saturated carbocycles. The highest BCUT2D eigenvalue weighted by atomic mass is 35.5. The third kappa shape index (κ3) is 4.37. The number of carbonyl (C=O) groups excluding carboxylic acids is 1. The van der Waals surface area contributed by atoms with Crippen LogP contribution in [-0.2, 0) is 11.2 Å². The summed E-state index contributed by atoms with van der Waals surface area (Å²) in [5.41, 5.74) is 2.32. The summed E-state index contributed by atoms with van der Waals surface area (Å²) < 4.78 is 10.6. The molecule has 0 radical (unpaired) electrons. The van der Waals surface area contributed by atoms with Gasteiger partial charge >= 0.3 is 5.63 Å². The maximum atomic E-state index is 12.4. The summed E-state index contributed by atoms with van der Waals surface area (Å²) in [6, 6.07) is 12.6. The van der Waals surface area contributed by atoms with Crippen molar-refractivity contribution in [3.05, 3.63) is 74.6 Å². The van der Waals surface area contributed by atoms with Crippen LogP contribution in [0.25, 0.3) is 11.0 Å². The van der Waals surface area contributed by atoms with Gasteiger partial charge in [-0.05, 0) is 55.7 Å². The zero-order valence-corrected chi connectivity index (χ0v) is 16.8. The molecular weight excluding hydrogens is 378 g/mol. The molecule has 1 aromatic heterocycles. The van der Waals surface area contributed by atoms with Crippen LogP contribution in [0.2, 0.25) is 5.02 Å². The van der Waals surface area contributed by atoms with Gasteiger partial charge in [-0.25, -0.2) is 4.79 Å². The van der Waals surface area contributed by atoms with E-state index in [0.717, 1.165) is 16.5 Å². The van der Waals surface area contributed by atoms with Crippen LogP contribution in [0, 0.1) is 6.92 Å². The van der Waals surface area contributed by atoms with Crippen LogP contribution in [0.15, 0.2) is 51.7 Å². The third-order valence-corrected chi connectivity index (χ3v) is 5.06. The van der Waals surface area contributed by atoms with Gasteiger partial charge in [-0.1, -0.05) is 23.7 Å². The van der Waals surface area contributed by atoms with Gasteiger partial charge in [0.05, 0.1) is 13.2 Å². The molecule has 0 fully saturated rings. The first-order valence-corrected chi connectivity index (χ1v) is 9.42. The maximum absolute atomic E-state index is 12.4. The van der Waals surface area contributed by atoms with Crippen molar-refractivity contribution in [2.24, 2.45) is 0 Å². The maximum Gasteiger partial charge on any atom is 0.339 e. The Morgan fingerprint density at radius 3 is 2.75 bits per heavy atom. The minimum absolute atomic E-state index is 0.138. The van der Waals surface area contributed by atoms with Gasteiger partial charge < -0.3 is 14.5 Å². The second-order valence-electron chi connectivity index (χ2n) is 6.70. The second kappa shape index (κ2) is 8.48. The van der Waals surface area contributed by atoms with Crippen LogP contribution >= 0.6 is 11.6 Å². The largest absolute Gasteiger partial charge is 0.497 e. The number of hydrogen-bond acceptors (Lipinski definition) is 4. The average molecular weight is 400 g/mol. The molecule has 0 aliphatic carbocycles. The van der Waals surface area contributed by atoms with E-state index in [1.54, 1.807) is 19.2 Å². The fourth-order valence-corrected chi connectivity index (χ4v) is 3.40. The van der Waals surface area contributed by atoms with Gasteiger partial charge in [-0.2, -0.15) is 0 Å². The molecule has 2 aromatic carbocycles. The standard InChI is InChI=1S/C22H22ClNO4/c1-13-18-8-7-17(27-3)12-20(18)28-22(26)19(13)9-10-21(25)24-14(2)15-5-4-6-16(23)11-15/h4-8,11-12,14H,9-10H2,1-3H3,(H,24,25). The Morgan fingerprint density at radius 1 is 1.25 bits per heavy atom. The van der Waals surface area contributed by atoms with Gasteiger partial charge in [-0.3, -0.25) is 4.79 Å². The lowest BCUT2D eigenvalue weighted by Gasteiger charge is -2.15. The molecule has 1 amide bonds. The number of halogens is 1. The van der Waals surface area contributed by atoms with E-state index in [0.29, 0.717) is 28.3 Å². The lowest BCUT2D eigenvalue weighted by atomic mass is 10.0. The first-order chi connectivity index (χ1) is 13.4. The number of aryl methyl sites for hydroxylation is 1. The number of fused-ring (bicyclic) bond motifs is 1. The predicted molar refractivity (Wildman–Crippen MR) is 110 cm³/mol. The van der Waals surface area contributed by atoms with Crippen molar-refractivity contribution >= 4 is 28.5 Å². The zero-order valence-electron chi connectivity index (χ0n) is 16.0. The molecule has 0 spiro atoms. The van der Waals surface area contributed by atoms with Gasteiger partial charge in [0.1, 0.15) is 11.3 Å². The van der Waals surface area contributed by atoms with Crippen molar-refractivity contribution in [3.8, 4) is 5.75 Å². The highest BCUT2D eigenvalue weighted by Crippen LogP contribution is 2.24. The Labute approximate surface area is 168 Å². The van der Waals surface area contributed by atoms with Crippen molar-refractivity contribution in [1.82, 2.24) is 5.32 Å². The number of ether oxygens (including phenoxy) is 1. The van der Waals surface area contributed by atoms with E-state index in [1.165, 1.54) is 0 Å². The Kier molecular flexibility index (Phi) is 6.05. The Hall–Kier alpha value is -2.79. The van der Waals surface area contributed by atoms with Crippen molar-refractivity contribution in [2.75, 3.05) is 7.11 Å². The van der Waals surface area contributed by atoms with Crippen molar-refractivity contribution in [1.29, 1.82) is 0 Å².